The van der Waals surface area contributed by atoms with Gasteiger partial charge in [0.15, 0.2) is 0 Å². The van der Waals surface area contributed by atoms with Gasteiger partial charge in [-0.3, -0.25) is 4.79 Å². The first-order valence-electron chi connectivity index (χ1n) is 3.27. The topological polar surface area (TPSA) is 62.2 Å². The molecule has 0 bridgehead atoms. The van der Waals surface area contributed by atoms with Crippen molar-refractivity contribution in [3.63, 3.8) is 0 Å². The molecule has 0 radical (unpaired) electrons. The average molecular weight is 170 g/mol. The van der Waals surface area contributed by atoms with Crippen LogP contribution in [-0.2, 0) is 4.79 Å². The number of rotatable bonds is 3. The maximum atomic E-state index is 12.4. The largest absolute Gasteiger partial charge is 0.480 e. The first-order chi connectivity index (χ1) is 5.68. The number of pyridine rings is 1. The lowest BCUT2D eigenvalue weighted by atomic mass is 10.4. The van der Waals surface area contributed by atoms with Gasteiger partial charge in [0.1, 0.15) is 12.4 Å². The van der Waals surface area contributed by atoms with Crippen molar-refractivity contribution in [2.75, 3.05) is 11.9 Å². The molecule has 0 spiro atoms. The van der Waals surface area contributed by atoms with Crippen LogP contribution in [0.4, 0.5) is 10.2 Å². The number of carboxylic acid groups (broad SMARTS) is 1. The van der Waals surface area contributed by atoms with Crippen LogP contribution in [0.15, 0.2) is 18.2 Å². The van der Waals surface area contributed by atoms with Crippen molar-refractivity contribution in [3.05, 3.63) is 24.1 Å². The molecule has 2 N–H and O–H groups in total. The van der Waals surface area contributed by atoms with E-state index in [9.17, 15) is 9.18 Å². The number of nitrogens with one attached hydrogen (secondary N) is 1. The Bertz CT molecular complexity index is 290. The molecule has 0 amide bonds. The van der Waals surface area contributed by atoms with Crippen LogP contribution in [0, 0.1) is 5.95 Å². The van der Waals surface area contributed by atoms with Gasteiger partial charge in [-0.25, -0.2) is 4.98 Å². The van der Waals surface area contributed by atoms with Crippen LogP contribution in [0.1, 0.15) is 0 Å². The molecule has 0 aliphatic rings. The first-order valence-corrected chi connectivity index (χ1v) is 3.27. The number of anilines is 1. The van der Waals surface area contributed by atoms with E-state index in [1.54, 1.807) is 0 Å². The van der Waals surface area contributed by atoms with Gasteiger partial charge in [0.25, 0.3) is 0 Å². The molecule has 1 rings (SSSR count). The summed E-state index contributed by atoms with van der Waals surface area (Å²) in [7, 11) is 0. The molecule has 4 nitrogen and oxygen atoms in total. The molecule has 0 aliphatic heterocycles. The van der Waals surface area contributed by atoms with E-state index in [1.807, 2.05) is 0 Å². The zero-order valence-corrected chi connectivity index (χ0v) is 6.12. The van der Waals surface area contributed by atoms with Gasteiger partial charge in [0.05, 0.1) is 0 Å². The Balaban J connectivity index is 2.57. The number of aliphatic carboxylic acids is 1. The molecule has 0 aliphatic carbocycles. The summed E-state index contributed by atoms with van der Waals surface area (Å²) in [5.74, 6) is -1.43. The minimum Gasteiger partial charge on any atom is -0.480 e. The highest BCUT2D eigenvalue weighted by Gasteiger charge is 1.98. The van der Waals surface area contributed by atoms with Crippen molar-refractivity contribution in [1.82, 2.24) is 4.98 Å². The predicted molar refractivity (Wildman–Crippen MR) is 40.3 cm³/mol. The van der Waals surface area contributed by atoms with E-state index in [1.165, 1.54) is 18.2 Å². The number of nitrogens with zero attached hydrogens (tertiary/aromatic N) is 1. The van der Waals surface area contributed by atoms with Gasteiger partial charge < -0.3 is 10.4 Å². The fourth-order valence-corrected chi connectivity index (χ4v) is 0.673. The Hall–Kier alpha value is -1.65. The monoisotopic (exact) mass is 170 g/mol. The van der Waals surface area contributed by atoms with Crippen LogP contribution < -0.4 is 5.32 Å². The summed E-state index contributed by atoms with van der Waals surface area (Å²) in [5, 5.41) is 10.7. The Labute approximate surface area is 68.1 Å². The van der Waals surface area contributed by atoms with Gasteiger partial charge in [-0.05, 0) is 12.1 Å². The Morgan fingerprint density at radius 2 is 2.42 bits per heavy atom. The molecule has 12 heavy (non-hydrogen) atoms. The van der Waals surface area contributed by atoms with E-state index < -0.39 is 11.9 Å². The van der Waals surface area contributed by atoms with Crippen LogP contribution in [0.5, 0.6) is 0 Å². The average Bonchev–Trinajstić information content (AvgIpc) is 2.01. The number of carbonyl (C=O) groups is 1. The first kappa shape index (κ1) is 8.45. The van der Waals surface area contributed by atoms with Gasteiger partial charge >= 0.3 is 5.97 Å². The highest BCUT2D eigenvalue weighted by atomic mass is 19.1. The van der Waals surface area contributed by atoms with Crippen LogP contribution in [-0.4, -0.2) is 22.6 Å². The SMILES string of the molecule is O=C(O)CNc1cccc(F)n1. The normalized spacial score (nSPS) is 9.42. The van der Waals surface area contributed by atoms with Gasteiger partial charge in [0.2, 0.25) is 5.95 Å². The van der Waals surface area contributed by atoms with E-state index in [0.717, 1.165) is 0 Å². The summed E-state index contributed by atoms with van der Waals surface area (Å²) < 4.78 is 12.4. The predicted octanol–water partition coefficient (Wildman–Crippen LogP) is 0.717. The third-order valence-electron chi connectivity index (χ3n) is 1.14. The van der Waals surface area contributed by atoms with Crippen molar-refractivity contribution in [2.24, 2.45) is 0 Å². The molecule has 0 fully saturated rings. The van der Waals surface area contributed by atoms with E-state index in [4.69, 9.17) is 5.11 Å². The smallest absolute Gasteiger partial charge is 0.322 e. The summed E-state index contributed by atoms with van der Waals surface area (Å²) >= 11 is 0. The molecule has 0 unspecified atom stereocenters. The van der Waals surface area contributed by atoms with Crippen LogP contribution >= 0.6 is 0 Å². The van der Waals surface area contributed by atoms with Gasteiger partial charge in [-0.2, -0.15) is 4.39 Å². The quantitative estimate of drug-likeness (QED) is 0.656. The maximum Gasteiger partial charge on any atom is 0.322 e. The summed E-state index contributed by atoms with van der Waals surface area (Å²) in [4.78, 5) is 13.5. The highest BCUT2D eigenvalue weighted by molar-refractivity contribution is 5.72. The zero-order valence-electron chi connectivity index (χ0n) is 6.12. The molecule has 0 aromatic carbocycles. The molecule has 1 aromatic heterocycles. The maximum absolute atomic E-state index is 12.4. The lowest BCUT2D eigenvalue weighted by molar-refractivity contribution is -0.134. The Morgan fingerprint density at radius 3 is 3.00 bits per heavy atom. The Kier molecular flexibility index (Phi) is 2.57. The van der Waals surface area contributed by atoms with Crippen molar-refractivity contribution >= 4 is 11.8 Å². The van der Waals surface area contributed by atoms with E-state index in [0.29, 0.717) is 0 Å². The molecular weight excluding hydrogens is 163 g/mol. The molecule has 0 saturated heterocycles. The molecular formula is C7H7FN2O2. The number of aromatic nitrogens is 1. The summed E-state index contributed by atoms with van der Waals surface area (Å²) in [6, 6.07) is 4.13. The third kappa shape index (κ3) is 2.53. The minimum atomic E-state index is -1.01. The fourth-order valence-electron chi connectivity index (χ4n) is 0.673. The number of carboxylic acids is 1. The Morgan fingerprint density at radius 1 is 1.67 bits per heavy atom. The van der Waals surface area contributed by atoms with Crippen molar-refractivity contribution in [2.45, 2.75) is 0 Å². The second-order valence-corrected chi connectivity index (χ2v) is 2.09. The fraction of sp³-hybridized carbons (Fsp3) is 0.143. The van der Waals surface area contributed by atoms with E-state index >= 15 is 0 Å². The van der Waals surface area contributed by atoms with Crippen molar-refractivity contribution < 1.29 is 14.3 Å². The number of hydrogen-bond acceptors (Lipinski definition) is 3. The third-order valence-corrected chi connectivity index (χ3v) is 1.14. The van der Waals surface area contributed by atoms with Crippen molar-refractivity contribution in [3.8, 4) is 0 Å². The van der Waals surface area contributed by atoms with E-state index in [-0.39, 0.29) is 12.4 Å². The lowest BCUT2D eigenvalue weighted by Gasteiger charge is -2.00. The molecule has 0 atom stereocenters. The number of hydrogen-bond donors (Lipinski definition) is 2. The highest BCUT2D eigenvalue weighted by Crippen LogP contribution is 2.01. The minimum absolute atomic E-state index is 0.220. The van der Waals surface area contributed by atoms with Gasteiger partial charge in [-0.1, -0.05) is 6.07 Å². The van der Waals surface area contributed by atoms with Crippen LogP contribution in [0.3, 0.4) is 0 Å². The molecule has 1 aromatic rings. The van der Waals surface area contributed by atoms with Crippen LogP contribution in [0.2, 0.25) is 0 Å². The molecule has 5 heteroatoms. The zero-order chi connectivity index (χ0) is 8.97. The second-order valence-electron chi connectivity index (χ2n) is 2.09. The summed E-state index contributed by atoms with van der Waals surface area (Å²) in [6.07, 6.45) is 0. The molecule has 0 saturated carbocycles. The number of halogens is 1. The molecule has 64 valence electrons. The summed E-state index contributed by atoms with van der Waals surface area (Å²) in [6.45, 7) is -0.267. The van der Waals surface area contributed by atoms with Crippen LogP contribution in [0.25, 0.3) is 0 Å². The van der Waals surface area contributed by atoms with Gasteiger partial charge in [0, 0.05) is 0 Å². The van der Waals surface area contributed by atoms with Gasteiger partial charge in [-0.15, -0.1) is 0 Å². The van der Waals surface area contributed by atoms with Crippen molar-refractivity contribution in [1.29, 1.82) is 0 Å². The standard InChI is InChI=1S/C7H7FN2O2/c8-5-2-1-3-6(10-5)9-4-7(11)12/h1-3H,4H2,(H,9,10)(H,11,12). The lowest BCUT2D eigenvalue weighted by Crippen LogP contribution is -2.13. The van der Waals surface area contributed by atoms with E-state index in [2.05, 4.69) is 10.3 Å². The molecule has 1 heterocycles. The summed E-state index contributed by atoms with van der Waals surface area (Å²) in [5.41, 5.74) is 0. The second kappa shape index (κ2) is 3.66.